The third-order valence-corrected chi connectivity index (χ3v) is 2.54. The van der Waals surface area contributed by atoms with Crippen LogP contribution in [0, 0.1) is 0 Å². The number of nitrogens with one attached hydrogen (secondary N) is 1. The predicted molar refractivity (Wildman–Crippen MR) is 85.9 cm³/mol. The van der Waals surface area contributed by atoms with E-state index in [1.807, 2.05) is 41.5 Å². The summed E-state index contributed by atoms with van der Waals surface area (Å²) >= 11 is 5.71. The average molecular weight is 288 g/mol. The number of hydrogen-bond donors (Lipinski definition) is 1. The molecule has 0 aliphatic carbocycles. The molecular formula is C15H30ClN3. The molecule has 0 unspecified atom stereocenters. The second-order valence-electron chi connectivity index (χ2n) is 3.28. The van der Waals surface area contributed by atoms with Gasteiger partial charge in [-0.3, -0.25) is 0 Å². The maximum atomic E-state index is 5.71. The molecule has 0 saturated carbocycles. The average Bonchev–Trinajstić information content (AvgIpc) is 2.55. The number of piperidine rings is 1. The van der Waals surface area contributed by atoms with E-state index in [1.165, 1.54) is 0 Å². The Kier molecular flexibility index (Phi) is 16.7. The molecule has 0 bridgehead atoms. The molecule has 0 atom stereocenters. The zero-order valence-electron chi connectivity index (χ0n) is 13.3. The first-order chi connectivity index (χ1) is 9.36. The van der Waals surface area contributed by atoms with Gasteiger partial charge < -0.3 is 5.32 Å². The maximum absolute atomic E-state index is 5.71. The lowest BCUT2D eigenvalue weighted by atomic mass is 9.97. The minimum atomic E-state index is 0.513. The van der Waals surface area contributed by atoms with Crippen LogP contribution in [0.4, 0.5) is 0 Å². The van der Waals surface area contributed by atoms with Crippen molar-refractivity contribution in [1.29, 1.82) is 0 Å². The first-order valence-electron chi connectivity index (χ1n) is 7.54. The van der Waals surface area contributed by atoms with Crippen LogP contribution in [0.5, 0.6) is 0 Å². The standard InChI is InChI=1S/C9H12ClN3.3C2H6/c10-8-5-12-9(13-6-8)7-1-3-11-4-2-7;3*1-2/h5-7,11H,1-4H2;3*1-2H3. The van der Waals surface area contributed by atoms with Crippen molar-refractivity contribution < 1.29 is 0 Å². The molecule has 1 aromatic rings. The third kappa shape index (κ3) is 8.95. The molecule has 1 aliphatic heterocycles. The minimum absolute atomic E-state index is 0.513. The Balaban J connectivity index is 0. The van der Waals surface area contributed by atoms with E-state index in [0.717, 1.165) is 31.8 Å². The van der Waals surface area contributed by atoms with Crippen molar-refractivity contribution in [3.63, 3.8) is 0 Å². The number of nitrogens with zero attached hydrogens (tertiary/aromatic N) is 2. The zero-order valence-corrected chi connectivity index (χ0v) is 14.1. The van der Waals surface area contributed by atoms with Gasteiger partial charge in [0, 0.05) is 18.3 Å². The van der Waals surface area contributed by atoms with Crippen LogP contribution in [0.25, 0.3) is 0 Å². The zero-order chi connectivity index (χ0) is 15.1. The van der Waals surface area contributed by atoms with Gasteiger partial charge >= 0.3 is 0 Å². The maximum Gasteiger partial charge on any atom is 0.131 e. The lowest BCUT2D eigenvalue weighted by Gasteiger charge is -2.20. The molecule has 0 amide bonds. The van der Waals surface area contributed by atoms with Crippen LogP contribution in [-0.4, -0.2) is 23.1 Å². The number of halogens is 1. The Morgan fingerprint density at radius 2 is 1.37 bits per heavy atom. The summed E-state index contributed by atoms with van der Waals surface area (Å²) in [5, 5.41) is 3.92. The van der Waals surface area contributed by atoms with E-state index >= 15 is 0 Å². The van der Waals surface area contributed by atoms with Gasteiger partial charge in [-0.25, -0.2) is 9.97 Å². The highest BCUT2D eigenvalue weighted by Crippen LogP contribution is 2.21. The van der Waals surface area contributed by atoms with E-state index in [-0.39, 0.29) is 0 Å². The summed E-state index contributed by atoms with van der Waals surface area (Å²) < 4.78 is 0. The van der Waals surface area contributed by atoms with Crippen molar-refractivity contribution >= 4 is 11.6 Å². The molecule has 1 N–H and O–H groups in total. The number of aromatic nitrogens is 2. The van der Waals surface area contributed by atoms with Gasteiger partial charge in [-0.15, -0.1) is 0 Å². The van der Waals surface area contributed by atoms with Crippen molar-refractivity contribution in [1.82, 2.24) is 15.3 Å². The third-order valence-electron chi connectivity index (χ3n) is 2.34. The Labute approximate surface area is 124 Å². The molecule has 2 rings (SSSR count). The molecule has 0 spiro atoms. The second-order valence-corrected chi connectivity index (χ2v) is 3.72. The quantitative estimate of drug-likeness (QED) is 0.815. The highest BCUT2D eigenvalue weighted by molar-refractivity contribution is 6.30. The van der Waals surface area contributed by atoms with E-state index in [0.29, 0.717) is 10.9 Å². The van der Waals surface area contributed by atoms with Crippen LogP contribution in [-0.2, 0) is 0 Å². The predicted octanol–water partition coefficient (Wildman–Crippen LogP) is 4.68. The molecule has 112 valence electrons. The Bertz CT molecular complexity index is 269. The van der Waals surface area contributed by atoms with Gasteiger partial charge in [0.15, 0.2) is 0 Å². The monoisotopic (exact) mass is 287 g/mol. The summed E-state index contributed by atoms with van der Waals surface area (Å²) in [6.45, 7) is 14.1. The highest BCUT2D eigenvalue weighted by Gasteiger charge is 2.17. The molecule has 19 heavy (non-hydrogen) atoms. The Morgan fingerprint density at radius 3 is 1.79 bits per heavy atom. The summed E-state index contributed by atoms with van der Waals surface area (Å²) in [6, 6.07) is 0. The second kappa shape index (κ2) is 15.4. The van der Waals surface area contributed by atoms with Crippen molar-refractivity contribution in [3.05, 3.63) is 23.2 Å². The van der Waals surface area contributed by atoms with E-state index in [4.69, 9.17) is 11.6 Å². The molecule has 1 fully saturated rings. The summed E-state index contributed by atoms with van der Waals surface area (Å²) in [6.07, 6.45) is 5.60. The van der Waals surface area contributed by atoms with E-state index in [9.17, 15) is 0 Å². The van der Waals surface area contributed by atoms with Crippen LogP contribution in [0.3, 0.4) is 0 Å². The number of hydrogen-bond acceptors (Lipinski definition) is 3. The molecular weight excluding hydrogens is 258 g/mol. The van der Waals surface area contributed by atoms with Gasteiger partial charge in [0.25, 0.3) is 0 Å². The molecule has 2 heterocycles. The largest absolute Gasteiger partial charge is 0.317 e. The molecule has 0 aromatic carbocycles. The molecule has 4 heteroatoms. The van der Waals surface area contributed by atoms with Crippen LogP contribution in [0.15, 0.2) is 12.4 Å². The van der Waals surface area contributed by atoms with Gasteiger partial charge in [-0.2, -0.15) is 0 Å². The van der Waals surface area contributed by atoms with Gasteiger partial charge in [0.05, 0.1) is 5.02 Å². The molecule has 1 aliphatic rings. The van der Waals surface area contributed by atoms with Crippen LogP contribution < -0.4 is 5.32 Å². The van der Waals surface area contributed by atoms with E-state index < -0.39 is 0 Å². The van der Waals surface area contributed by atoms with Gasteiger partial charge in [0.2, 0.25) is 0 Å². The first-order valence-corrected chi connectivity index (χ1v) is 7.92. The van der Waals surface area contributed by atoms with Gasteiger partial charge in [-0.05, 0) is 25.9 Å². The molecule has 1 aromatic heterocycles. The highest BCUT2D eigenvalue weighted by atomic mass is 35.5. The van der Waals surface area contributed by atoms with Crippen LogP contribution in [0.2, 0.25) is 5.02 Å². The van der Waals surface area contributed by atoms with Crippen LogP contribution >= 0.6 is 11.6 Å². The Hall–Kier alpha value is -0.670. The molecule has 1 saturated heterocycles. The van der Waals surface area contributed by atoms with Gasteiger partial charge in [-0.1, -0.05) is 53.1 Å². The van der Waals surface area contributed by atoms with Gasteiger partial charge in [0.1, 0.15) is 5.82 Å². The minimum Gasteiger partial charge on any atom is -0.317 e. The van der Waals surface area contributed by atoms with Crippen molar-refractivity contribution in [2.75, 3.05) is 13.1 Å². The van der Waals surface area contributed by atoms with E-state index in [1.54, 1.807) is 12.4 Å². The smallest absolute Gasteiger partial charge is 0.131 e. The van der Waals surface area contributed by atoms with Crippen molar-refractivity contribution in [3.8, 4) is 0 Å². The Morgan fingerprint density at radius 1 is 0.947 bits per heavy atom. The summed E-state index contributed by atoms with van der Waals surface area (Å²) in [7, 11) is 0. The van der Waals surface area contributed by atoms with E-state index in [2.05, 4.69) is 15.3 Å². The fourth-order valence-electron chi connectivity index (χ4n) is 1.61. The fourth-order valence-corrected chi connectivity index (χ4v) is 1.71. The van der Waals surface area contributed by atoms with Crippen molar-refractivity contribution in [2.24, 2.45) is 0 Å². The summed E-state index contributed by atoms with van der Waals surface area (Å²) in [5.41, 5.74) is 0. The summed E-state index contributed by atoms with van der Waals surface area (Å²) in [5.74, 6) is 1.45. The molecule has 0 radical (unpaired) electrons. The van der Waals surface area contributed by atoms with Crippen LogP contribution in [0.1, 0.15) is 66.1 Å². The molecule has 3 nitrogen and oxygen atoms in total. The lowest BCUT2D eigenvalue weighted by Crippen LogP contribution is -2.27. The topological polar surface area (TPSA) is 37.8 Å². The summed E-state index contributed by atoms with van der Waals surface area (Å²) in [4.78, 5) is 8.46. The first kappa shape index (κ1) is 20.6. The van der Waals surface area contributed by atoms with Crippen molar-refractivity contribution in [2.45, 2.75) is 60.3 Å². The SMILES string of the molecule is CC.CC.CC.Clc1cnc(C2CCNCC2)nc1. The fraction of sp³-hybridized carbons (Fsp3) is 0.733. The lowest BCUT2D eigenvalue weighted by molar-refractivity contribution is 0.445. The normalized spacial score (nSPS) is 13.8. The number of rotatable bonds is 1.